The van der Waals surface area contributed by atoms with Crippen molar-refractivity contribution in [2.45, 2.75) is 13.0 Å². The van der Waals surface area contributed by atoms with Crippen molar-refractivity contribution in [3.63, 3.8) is 0 Å². The molecule has 4 nitrogen and oxygen atoms in total. The lowest BCUT2D eigenvalue weighted by Crippen LogP contribution is -2.28. The third-order valence-corrected chi connectivity index (χ3v) is 2.53. The van der Waals surface area contributed by atoms with Crippen molar-refractivity contribution < 1.29 is 4.74 Å². The van der Waals surface area contributed by atoms with E-state index in [2.05, 4.69) is 16.5 Å². The average molecular weight is 235 g/mol. The highest BCUT2D eigenvalue weighted by molar-refractivity contribution is 5.42. The molecule has 0 aliphatic rings. The van der Waals surface area contributed by atoms with Crippen LogP contribution in [-0.2, 0) is 4.74 Å². The van der Waals surface area contributed by atoms with Crippen LogP contribution < -0.4 is 10.6 Å². The van der Waals surface area contributed by atoms with Gasteiger partial charge in [0.25, 0.3) is 0 Å². The number of hydrogen-bond acceptors (Lipinski definition) is 4. The van der Waals surface area contributed by atoms with Gasteiger partial charge in [0.2, 0.25) is 0 Å². The number of anilines is 1. The summed E-state index contributed by atoms with van der Waals surface area (Å²) in [5.41, 5.74) is 6.95. The van der Waals surface area contributed by atoms with Crippen molar-refractivity contribution >= 4 is 5.82 Å². The first-order valence-corrected chi connectivity index (χ1v) is 5.75. The van der Waals surface area contributed by atoms with Gasteiger partial charge in [0, 0.05) is 32.4 Å². The van der Waals surface area contributed by atoms with E-state index in [1.165, 1.54) is 0 Å². The second-order valence-electron chi connectivity index (χ2n) is 3.96. The maximum atomic E-state index is 5.87. The molecular formula is C13H21N3O. The summed E-state index contributed by atoms with van der Waals surface area (Å²) in [6, 6.07) is 3.98. The van der Waals surface area contributed by atoms with Crippen LogP contribution in [0.15, 0.2) is 31.0 Å². The standard InChI is InChI=1S/C13H21N3O/c1-4-7-16(8-9-17-3)13-10-12(11(2)14)5-6-15-13/h4-6,10-11H,1,7-9,14H2,2-3H3/t11-/m0/s1. The molecule has 1 rings (SSSR count). The van der Waals surface area contributed by atoms with Gasteiger partial charge >= 0.3 is 0 Å². The molecule has 1 aromatic heterocycles. The Morgan fingerprint density at radius 3 is 3.00 bits per heavy atom. The van der Waals surface area contributed by atoms with Crippen LogP contribution in [0.25, 0.3) is 0 Å². The molecule has 0 bridgehead atoms. The van der Waals surface area contributed by atoms with Gasteiger partial charge in [-0.05, 0) is 24.6 Å². The van der Waals surface area contributed by atoms with E-state index >= 15 is 0 Å². The van der Waals surface area contributed by atoms with Crippen LogP contribution in [0.4, 0.5) is 5.82 Å². The predicted octanol–water partition coefficient (Wildman–Crippen LogP) is 1.74. The van der Waals surface area contributed by atoms with Crippen molar-refractivity contribution in [2.24, 2.45) is 5.73 Å². The zero-order valence-electron chi connectivity index (χ0n) is 10.6. The van der Waals surface area contributed by atoms with Gasteiger partial charge in [-0.15, -0.1) is 6.58 Å². The number of hydrogen-bond donors (Lipinski definition) is 1. The Morgan fingerprint density at radius 1 is 1.65 bits per heavy atom. The van der Waals surface area contributed by atoms with Crippen LogP contribution in [0.3, 0.4) is 0 Å². The molecule has 0 aliphatic heterocycles. The summed E-state index contributed by atoms with van der Waals surface area (Å²) in [6.07, 6.45) is 3.65. The number of rotatable bonds is 7. The van der Waals surface area contributed by atoms with E-state index < -0.39 is 0 Å². The molecule has 94 valence electrons. The van der Waals surface area contributed by atoms with Gasteiger partial charge in [-0.25, -0.2) is 4.98 Å². The molecular weight excluding hydrogens is 214 g/mol. The Balaban J connectivity index is 2.84. The van der Waals surface area contributed by atoms with E-state index in [0.29, 0.717) is 6.61 Å². The number of nitrogens with two attached hydrogens (primary N) is 1. The SMILES string of the molecule is C=CCN(CCOC)c1cc([C@H](C)N)ccn1. The number of methoxy groups -OCH3 is 1. The van der Waals surface area contributed by atoms with Crippen LogP contribution in [0, 0.1) is 0 Å². The third-order valence-electron chi connectivity index (χ3n) is 2.53. The maximum absolute atomic E-state index is 5.87. The van der Waals surface area contributed by atoms with Crippen LogP contribution >= 0.6 is 0 Å². The Bertz CT molecular complexity index is 352. The van der Waals surface area contributed by atoms with E-state index in [1.807, 2.05) is 25.1 Å². The molecule has 0 spiro atoms. The van der Waals surface area contributed by atoms with Crippen molar-refractivity contribution in [3.8, 4) is 0 Å². The quantitative estimate of drug-likeness (QED) is 0.731. The molecule has 0 saturated heterocycles. The summed E-state index contributed by atoms with van der Waals surface area (Å²) in [6.45, 7) is 7.92. The van der Waals surface area contributed by atoms with Gasteiger partial charge in [0.05, 0.1) is 6.61 Å². The Morgan fingerprint density at radius 2 is 2.41 bits per heavy atom. The minimum atomic E-state index is 0.0183. The predicted molar refractivity (Wildman–Crippen MR) is 71.1 cm³/mol. The molecule has 4 heteroatoms. The van der Waals surface area contributed by atoms with E-state index in [1.54, 1.807) is 13.3 Å². The zero-order valence-corrected chi connectivity index (χ0v) is 10.6. The summed E-state index contributed by atoms with van der Waals surface area (Å²) in [5.74, 6) is 0.914. The molecule has 0 unspecified atom stereocenters. The Hall–Kier alpha value is -1.39. The van der Waals surface area contributed by atoms with Crippen molar-refractivity contribution in [1.82, 2.24) is 4.98 Å². The first-order valence-electron chi connectivity index (χ1n) is 5.75. The second kappa shape index (κ2) is 7.04. The second-order valence-corrected chi connectivity index (χ2v) is 3.96. The highest BCUT2D eigenvalue weighted by atomic mass is 16.5. The van der Waals surface area contributed by atoms with Gasteiger partial charge in [0.15, 0.2) is 0 Å². The molecule has 0 amide bonds. The zero-order chi connectivity index (χ0) is 12.7. The number of ether oxygens (including phenoxy) is 1. The van der Waals surface area contributed by atoms with E-state index in [9.17, 15) is 0 Å². The van der Waals surface area contributed by atoms with Crippen molar-refractivity contribution in [2.75, 3.05) is 31.7 Å². The molecule has 2 N–H and O–H groups in total. The average Bonchev–Trinajstić information content (AvgIpc) is 2.34. The highest BCUT2D eigenvalue weighted by Crippen LogP contribution is 2.16. The monoisotopic (exact) mass is 235 g/mol. The van der Waals surface area contributed by atoms with Crippen LogP contribution in [0.5, 0.6) is 0 Å². The highest BCUT2D eigenvalue weighted by Gasteiger charge is 2.08. The fraction of sp³-hybridized carbons (Fsp3) is 0.462. The molecule has 0 radical (unpaired) electrons. The van der Waals surface area contributed by atoms with Crippen LogP contribution in [0.1, 0.15) is 18.5 Å². The molecule has 0 aliphatic carbocycles. The summed E-state index contributed by atoms with van der Waals surface area (Å²) < 4.78 is 5.09. The fourth-order valence-corrected chi connectivity index (χ4v) is 1.55. The topological polar surface area (TPSA) is 51.4 Å². The molecule has 0 fully saturated rings. The minimum absolute atomic E-state index is 0.0183. The van der Waals surface area contributed by atoms with E-state index in [-0.39, 0.29) is 6.04 Å². The minimum Gasteiger partial charge on any atom is -0.383 e. The van der Waals surface area contributed by atoms with Gasteiger partial charge in [-0.2, -0.15) is 0 Å². The smallest absolute Gasteiger partial charge is 0.129 e. The third kappa shape index (κ3) is 4.17. The van der Waals surface area contributed by atoms with Crippen molar-refractivity contribution in [1.29, 1.82) is 0 Å². The van der Waals surface area contributed by atoms with Crippen molar-refractivity contribution in [3.05, 3.63) is 36.5 Å². The number of pyridine rings is 1. The van der Waals surface area contributed by atoms with Gasteiger partial charge in [-0.3, -0.25) is 0 Å². The van der Waals surface area contributed by atoms with E-state index in [0.717, 1.165) is 24.5 Å². The summed E-state index contributed by atoms with van der Waals surface area (Å²) in [5, 5.41) is 0. The van der Waals surface area contributed by atoms with Crippen LogP contribution in [-0.4, -0.2) is 31.8 Å². The summed E-state index contributed by atoms with van der Waals surface area (Å²) >= 11 is 0. The molecule has 0 aromatic carbocycles. The van der Waals surface area contributed by atoms with Gasteiger partial charge in [0.1, 0.15) is 5.82 Å². The van der Waals surface area contributed by atoms with Crippen LogP contribution in [0.2, 0.25) is 0 Å². The molecule has 1 heterocycles. The van der Waals surface area contributed by atoms with Gasteiger partial charge in [-0.1, -0.05) is 6.08 Å². The lowest BCUT2D eigenvalue weighted by molar-refractivity contribution is 0.205. The molecule has 1 atom stereocenters. The molecule has 0 saturated carbocycles. The lowest BCUT2D eigenvalue weighted by Gasteiger charge is -2.22. The number of aromatic nitrogens is 1. The molecule has 1 aromatic rings. The number of nitrogens with zero attached hydrogens (tertiary/aromatic N) is 2. The summed E-state index contributed by atoms with van der Waals surface area (Å²) in [7, 11) is 1.69. The lowest BCUT2D eigenvalue weighted by atomic mass is 10.1. The first kappa shape index (κ1) is 13.7. The van der Waals surface area contributed by atoms with E-state index in [4.69, 9.17) is 10.5 Å². The Kier molecular flexibility index (Phi) is 5.66. The first-order chi connectivity index (χ1) is 8.19. The molecule has 17 heavy (non-hydrogen) atoms. The maximum Gasteiger partial charge on any atom is 0.129 e. The largest absolute Gasteiger partial charge is 0.383 e. The fourth-order valence-electron chi connectivity index (χ4n) is 1.55. The van der Waals surface area contributed by atoms with Gasteiger partial charge < -0.3 is 15.4 Å². The Labute approximate surface area is 103 Å². The summed E-state index contributed by atoms with van der Waals surface area (Å²) in [4.78, 5) is 6.47. The normalized spacial score (nSPS) is 12.2.